The number of nitrogens with zero attached hydrogens (tertiary/aromatic N) is 4. The first-order valence-corrected chi connectivity index (χ1v) is 7.12. The number of piperazine rings is 1. The molecule has 0 aliphatic carbocycles. The highest BCUT2D eigenvalue weighted by Gasteiger charge is 2.25. The molecule has 1 amide bonds. The molecule has 0 bridgehead atoms. The maximum Gasteiger partial charge on any atom is 0.410 e. The van der Waals surface area contributed by atoms with Crippen molar-refractivity contribution in [3.8, 4) is 0 Å². The van der Waals surface area contributed by atoms with Crippen molar-refractivity contribution < 1.29 is 9.53 Å². The molecule has 7 nitrogen and oxygen atoms in total. The second-order valence-corrected chi connectivity index (χ2v) is 6.19. The predicted molar refractivity (Wildman–Crippen MR) is 79.5 cm³/mol. The van der Waals surface area contributed by atoms with Crippen LogP contribution in [0.25, 0.3) is 0 Å². The highest BCUT2D eigenvalue weighted by molar-refractivity contribution is 5.68. The van der Waals surface area contributed by atoms with Gasteiger partial charge >= 0.3 is 6.09 Å². The lowest BCUT2D eigenvalue weighted by molar-refractivity contribution is 0.0138. The third kappa shape index (κ3) is 4.86. The fourth-order valence-corrected chi connectivity index (χ4v) is 2.10. The minimum atomic E-state index is -0.451. The van der Waals surface area contributed by atoms with Crippen molar-refractivity contribution in [1.29, 1.82) is 0 Å². The number of rotatable bonds is 2. The van der Waals surface area contributed by atoms with Crippen molar-refractivity contribution in [2.24, 2.45) is 0 Å². The molecule has 1 aromatic heterocycles. The molecule has 1 aliphatic rings. The first-order chi connectivity index (χ1) is 9.83. The van der Waals surface area contributed by atoms with Crippen LogP contribution in [-0.2, 0) is 11.3 Å². The molecule has 7 heteroatoms. The first kappa shape index (κ1) is 15.5. The first-order valence-electron chi connectivity index (χ1n) is 7.12. The number of hydrogen-bond acceptors (Lipinski definition) is 6. The van der Waals surface area contributed by atoms with E-state index in [2.05, 4.69) is 15.1 Å². The van der Waals surface area contributed by atoms with Gasteiger partial charge in [0, 0.05) is 32.7 Å². The largest absolute Gasteiger partial charge is 0.444 e. The Hall–Kier alpha value is -1.89. The van der Waals surface area contributed by atoms with Gasteiger partial charge in [0.1, 0.15) is 11.4 Å². The van der Waals surface area contributed by atoms with Crippen molar-refractivity contribution in [2.75, 3.05) is 31.9 Å². The van der Waals surface area contributed by atoms with Crippen molar-refractivity contribution in [3.63, 3.8) is 0 Å². The lowest BCUT2D eigenvalue weighted by Gasteiger charge is -2.35. The zero-order chi connectivity index (χ0) is 15.5. The van der Waals surface area contributed by atoms with Gasteiger partial charge in [-0.1, -0.05) is 0 Å². The molecule has 1 aromatic rings. The molecule has 0 saturated carbocycles. The fraction of sp³-hybridized carbons (Fsp3) is 0.643. The summed E-state index contributed by atoms with van der Waals surface area (Å²) in [5.41, 5.74) is 5.95. The van der Waals surface area contributed by atoms with Crippen LogP contribution in [-0.4, -0.2) is 57.9 Å². The van der Waals surface area contributed by atoms with Crippen molar-refractivity contribution in [1.82, 2.24) is 20.0 Å². The number of ether oxygens (including phenoxy) is 1. The molecule has 1 fully saturated rings. The van der Waals surface area contributed by atoms with E-state index in [0.29, 0.717) is 18.9 Å². The van der Waals surface area contributed by atoms with Gasteiger partial charge in [-0.05, 0) is 32.9 Å². The van der Waals surface area contributed by atoms with Gasteiger partial charge in [0.25, 0.3) is 0 Å². The summed E-state index contributed by atoms with van der Waals surface area (Å²) in [4.78, 5) is 15.9. The maximum atomic E-state index is 12.0. The van der Waals surface area contributed by atoms with Crippen LogP contribution in [0.4, 0.5) is 10.6 Å². The SMILES string of the molecule is CC(C)(C)OC(=O)N1CCN(Cc2ccc(N)nn2)CC1. The summed E-state index contributed by atoms with van der Waals surface area (Å²) >= 11 is 0. The average Bonchev–Trinajstić information content (AvgIpc) is 2.40. The Morgan fingerprint density at radius 3 is 2.43 bits per heavy atom. The van der Waals surface area contributed by atoms with Gasteiger partial charge in [-0.3, -0.25) is 4.90 Å². The number of carbonyl (C=O) groups excluding carboxylic acids is 1. The highest BCUT2D eigenvalue weighted by Crippen LogP contribution is 2.12. The van der Waals surface area contributed by atoms with Gasteiger partial charge in [-0.15, -0.1) is 5.10 Å². The number of nitrogens with two attached hydrogens (primary N) is 1. The molecule has 0 atom stereocenters. The lowest BCUT2D eigenvalue weighted by atomic mass is 10.2. The minimum absolute atomic E-state index is 0.241. The van der Waals surface area contributed by atoms with E-state index in [1.807, 2.05) is 26.8 Å². The average molecular weight is 293 g/mol. The molecule has 0 unspecified atom stereocenters. The summed E-state index contributed by atoms with van der Waals surface area (Å²) in [5.74, 6) is 0.425. The van der Waals surface area contributed by atoms with Gasteiger partial charge in [0.2, 0.25) is 0 Å². The Morgan fingerprint density at radius 2 is 1.90 bits per heavy atom. The van der Waals surface area contributed by atoms with Crippen LogP contribution in [0.3, 0.4) is 0 Å². The second-order valence-electron chi connectivity index (χ2n) is 6.19. The van der Waals surface area contributed by atoms with E-state index in [1.54, 1.807) is 11.0 Å². The Bertz CT molecular complexity index is 475. The van der Waals surface area contributed by atoms with E-state index < -0.39 is 5.60 Å². The van der Waals surface area contributed by atoms with Crippen LogP contribution in [0.5, 0.6) is 0 Å². The highest BCUT2D eigenvalue weighted by atomic mass is 16.6. The van der Waals surface area contributed by atoms with Gasteiger partial charge in [-0.25, -0.2) is 4.79 Å². The summed E-state index contributed by atoms with van der Waals surface area (Å²) < 4.78 is 5.38. The molecule has 1 saturated heterocycles. The predicted octanol–water partition coefficient (Wildman–Crippen LogP) is 1.11. The molecule has 0 aromatic carbocycles. The number of aromatic nitrogens is 2. The van der Waals surface area contributed by atoms with Crippen molar-refractivity contribution in [2.45, 2.75) is 32.9 Å². The summed E-state index contributed by atoms with van der Waals surface area (Å²) in [6.45, 7) is 9.27. The molecule has 21 heavy (non-hydrogen) atoms. The fourth-order valence-electron chi connectivity index (χ4n) is 2.10. The number of amides is 1. The van der Waals surface area contributed by atoms with E-state index in [0.717, 1.165) is 25.3 Å². The van der Waals surface area contributed by atoms with Gasteiger partial charge in [0.15, 0.2) is 0 Å². The zero-order valence-electron chi connectivity index (χ0n) is 12.9. The molecule has 2 N–H and O–H groups in total. The van der Waals surface area contributed by atoms with E-state index in [-0.39, 0.29) is 6.09 Å². The van der Waals surface area contributed by atoms with Crippen LogP contribution in [0.2, 0.25) is 0 Å². The summed E-state index contributed by atoms with van der Waals surface area (Å²) in [6.07, 6.45) is -0.241. The quantitative estimate of drug-likeness (QED) is 0.879. The summed E-state index contributed by atoms with van der Waals surface area (Å²) in [6, 6.07) is 3.63. The minimum Gasteiger partial charge on any atom is -0.444 e. The number of carbonyl (C=O) groups is 1. The van der Waals surface area contributed by atoms with E-state index in [9.17, 15) is 4.79 Å². The van der Waals surface area contributed by atoms with Crippen LogP contribution < -0.4 is 5.73 Å². The Morgan fingerprint density at radius 1 is 1.24 bits per heavy atom. The molecule has 2 rings (SSSR count). The van der Waals surface area contributed by atoms with E-state index >= 15 is 0 Å². The molecule has 0 spiro atoms. The van der Waals surface area contributed by atoms with E-state index in [1.165, 1.54) is 0 Å². The van der Waals surface area contributed by atoms with Crippen LogP contribution in [0, 0.1) is 0 Å². The second kappa shape index (κ2) is 6.26. The third-order valence-corrected chi connectivity index (χ3v) is 3.15. The van der Waals surface area contributed by atoms with Crippen LogP contribution >= 0.6 is 0 Å². The molecule has 2 heterocycles. The lowest BCUT2D eigenvalue weighted by Crippen LogP contribution is -2.49. The van der Waals surface area contributed by atoms with Gasteiger partial charge in [-0.2, -0.15) is 5.10 Å². The smallest absolute Gasteiger partial charge is 0.410 e. The van der Waals surface area contributed by atoms with Gasteiger partial charge in [0.05, 0.1) is 5.69 Å². The third-order valence-electron chi connectivity index (χ3n) is 3.15. The van der Waals surface area contributed by atoms with Crippen molar-refractivity contribution in [3.05, 3.63) is 17.8 Å². The number of anilines is 1. The summed E-state index contributed by atoms with van der Waals surface area (Å²) in [5, 5.41) is 7.90. The zero-order valence-corrected chi connectivity index (χ0v) is 12.9. The standard InChI is InChI=1S/C14H23N5O2/c1-14(2,3)21-13(20)19-8-6-18(7-9-19)10-11-4-5-12(15)17-16-11/h4-5H,6-10H2,1-3H3,(H2,15,17). The monoisotopic (exact) mass is 293 g/mol. The Kier molecular flexibility index (Phi) is 4.62. The molecule has 1 aliphatic heterocycles. The number of hydrogen-bond donors (Lipinski definition) is 1. The van der Waals surface area contributed by atoms with E-state index in [4.69, 9.17) is 10.5 Å². The molecular weight excluding hydrogens is 270 g/mol. The Balaban J connectivity index is 1.80. The molecular formula is C14H23N5O2. The Labute approximate surface area is 125 Å². The molecule has 0 radical (unpaired) electrons. The molecule has 116 valence electrons. The van der Waals surface area contributed by atoms with Gasteiger partial charge < -0.3 is 15.4 Å². The normalized spacial score (nSPS) is 16.8. The topological polar surface area (TPSA) is 84.6 Å². The number of nitrogen functional groups attached to an aromatic ring is 1. The van der Waals surface area contributed by atoms with Crippen molar-refractivity contribution >= 4 is 11.9 Å². The van der Waals surface area contributed by atoms with Crippen LogP contribution in [0.15, 0.2) is 12.1 Å². The summed E-state index contributed by atoms with van der Waals surface area (Å²) in [7, 11) is 0. The maximum absolute atomic E-state index is 12.0. The van der Waals surface area contributed by atoms with Crippen LogP contribution in [0.1, 0.15) is 26.5 Å².